The fraction of sp³-hybridized carbons (Fsp3) is 0.462. The molecule has 0 bridgehead atoms. The first-order chi connectivity index (χ1) is 8.10. The van der Waals surface area contributed by atoms with Gasteiger partial charge in [0.25, 0.3) is 0 Å². The van der Waals surface area contributed by atoms with Crippen molar-refractivity contribution in [2.75, 3.05) is 0 Å². The summed E-state index contributed by atoms with van der Waals surface area (Å²) in [6, 6.07) is 4.07. The molecular weight excluding hydrogens is 214 g/mol. The molecule has 0 aliphatic heterocycles. The highest BCUT2D eigenvalue weighted by Crippen LogP contribution is 2.18. The Balaban J connectivity index is 2.12. The van der Waals surface area contributed by atoms with E-state index in [1.165, 1.54) is 0 Å². The lowest BCUT2D eigenvalue weighted by molar-refractivity contribution is 0.527. The highest BCUT2D eigenvalue weighted by molar-refractivity contribution is 5.20. The van der Waals surface area contributed by atoms with Crippen LogP contribution in [0.5, 0.6) is 0 Å². The van der Waals surface area contributed by atoms with Crippen LogP contribution < -0.4 is 5.73 Å². The van der Waals surface area contributed by atoms with E-state index in [2.05, 4.69) is 18.1 Å². The van der Waals surface area contributed by atoms with E-state index in [0.29, 0.717) is 0 Å². The molecule has 0 fully saturated rings. The lowest BCUT2D eigenvalue weighted by Gasteiger charge is -2.08. The molecule has 17 heavy (non-hydrogen) atoms. The highest BCUT2D eigenvalue weighted by atomic mass is 16.3. The predicted octanol–water partition coefficient (Wildman–Crippen LogP) is 2.13. The Bertz CT molecular complexity index is 498. The predicted molar refractivity (Wildman–Crippen MR) is 66.7 cm³/mol. The molecule has 0 aliphatic rings. The van der Waals surface area contributed by atoms with Gasteiger partial charge in [0.1, 0.15) is 5.76 Å². The molecule has 0 aliphatic carbocycles. The molecule has 4 heteroatoms. The number of aromatic nitrogens is 2. The summed E-state index contributed by atoms with van der Waals surface area (Å²) in [5.41, 5.74) is 9.47. The molecular formula is C13H19N3O. The summed E-state index contributed by atoms with van der Waals surface area (Å²) in [5.74, 6) is 0.898. The normalized spacial score (nSPS) is 12.9. The minimum Gasteiger partial charge on any atom is -0.469 e. The zero-order chi connectivity index (χ0) is 12.4. The topological polar surface area (TPSA) is 57.0 Å². The van der Waals surface area contributed by atoms with Crippen molar-refractivity contribution >= 4 is 0 Å². The number of rotatable bonds is 4. The Morgan fingerprint density at radius 1 is 1.47 bits per heavy atom. The van der Waals surface area contributed by atoms with Gasteiger partial charge in [-0.25, -0.2) is 0 Å². The van der Waals surface area contributed by atoms with Gasteiger partial charge < -0.3 is 10.2 Å². The monoisotopic (exact) mass is 233 g/mol. The van der Waals surface area contributed by atoms with E-state index in [9.17, 15) is 0 Å². The van der Waals surface area contributed by atoms with Crippen LogP contribution in [0.2, 0.25) is 0 Å². The van der Waals surface area contributed by atoms with Crippen molar-refractivity contribution < 1.29 is 4.42 Å². The Kier molecular flexibility index (Phi) is 3.33. The lowest BCUT2D eigenvalue weighted by atomic mass is 10.1. The van der Waals surface area contributed by atoms with Crippen LogP contribution in [0.25, 0.3) is 0 Å². The molecule has 2 N–H and O–H groups in total. The van der Waals surface area contributed by atoms with Gasteiger partial charge in [-0.3, -0.25) is 4.68 Å². The molecule has 0 saturated heterocycles. The smallest absolute Gasteiger partial charge is 0.101 e. The first kappa shape index (κ1) is 11.9. The van der Waals surface area contributed by atoms with Gasteiger partial charge in [-0.05, 0) is 25.5 Å². The molecule has 0 amide bonds. The summed E-state index contributed by atoms with van der Waals surface area (Å²) in [6.45, 7) is 4.03. The number of aryl methyl sites for hydroxylation is 3. The summed E-state index contributed by atoms with van der Waals surface area (Å²) < 4.78 is 7.19. The fourth-order valence-corrected chi connectivity index (χ4v) is 1.94. The van der Waals surface area contributed by atoms with Gasteiger partial charge in [-0.2, -0.15) is 5.10 Å². The van der Waals surface area contributed by atoms with E-state index in [-0.39, 0.29) is 6.04 Å². The quantitative estimate of drug-likeness (QED) is 0.880. The van der Waals surface area contributed by atoms with Crippen LogP contribution in [0.3, 0.4) is 0 Å². The molecule has 92 valence electrons. The number of hydrogen-bond acceptors (Lipinski definition) is 3. The fourth-order valence-electron chi connectivity index (χ4n) is 1.94. The number of hydrogen-bond donors (Lipinski definition) is 1. The highest BCUT2D eigenvalue weighted by Gasteiger charge is 2.13. The van der Waals surface area contributed by atoms with E-state index in [1.54, 1.807) is 6.26 Å². The standard InChI is InChI=1S/C13H19N3O/c1-4-11-6-12(16(3)15-11)7-13(14)10-5-9(2)17-8-10/h5-6,8,13H,4,7,14H2,1-3H3. The van der Waals surface area contributed by atoms with Gasteiger partial charge >= 0.3 is 0 Å². The number of nitrogens with two attached hydrogens (primary N) is 1. The largest absolute Gasteiger partial charge is 0.469 e. The van der Waals surface area contributed by atoms with Crippen molar-refractivity contribution in [1.29, 1.82) is 0 Å². The van der Waals surface area contributed by atoms with Crippen molar-refractivity contribution in [3.8, 4) is 0 Å². The third kappa shape index (κ3) is 2.58. The molecule has 4 nitrogen and oxygen atoms in total. The molecule has 2 aromatic heterocycles. The molecule has 2 rings (SSSR count). The van der Waals surface area contributed by atoms with Crippen LogP contribution >= 0.6 is 0 Å². The van der Waals surface area contributed by atoms with Gasteiger partial charge in [-0.1, -0.05) is 6.92 Å². The van der Waals surface area contributed by atoms with E-state index in [4.69, 9.17) is 10.2 Å². The SMILES string of the molecule is CCc1cc(CC(N)c2coc(C)c2)n(C)n1. The minimum atomic E-state index is -0.0347. The lowest BCUT2D eigenvalue weighted by Crippen LogP contribution is -2.14. The van der Waals surface area contributed by atoms with Gasteiger partial charge in [0.2, 0.25) is 0 Å². The third-order valence-electron chi connectivity index (χ3n) is 3.00. The zero-order valence-electron chi connectivity index (χ0n) is 10.6. The summed E-state index contributed by atoms with van der Waals surface area (Å²) in [6.07, 6.45) is 3.47. The Morgan fingerprint density at radius 3 is 2.76 bits per heavy atom. The summed E-state index contributed by atoms with van der Waals surface area (Å²) in [4.78, 5) is 0. The second-order valence-corrected chi connectivity index (χ2v) is 4.41. The van der Waals surface area contributed by atoms with Crippen LogP contribution in [0.4, 0.5) is 0 Å². The van der Waals surface area contributed by atoms with Gasteiger partial charge in [0.15, 0.2) is 0 Å². The van der Waals surface area contributed by atoms with Gasteiger partial charge in [-0.15, -0.1) is 0 Å². The van der Waals surface area contributed by atoms with Crippen LogP contribution in [-0.4, -0.2) is 9.78 Å². The first-order valence-corrected chi connectivity index (χ1v) is 5.92. The van der Waals surface area contributed by atoms with E-state index in [1.807, 2.05) is 24.7 Å². The van der Waals surface area contributed by atoms with Crippen LogP contribution in [0.1, 0.15) is 35.7 Å². The zero-order valence-corrected chi connectivity index (χ0v) is 10.6. The molecule has 1 unspecified atom stereocenters. The maximum atomic E-state index is 6.16. The number of furan rings is 1. The van der Waals surface area contributed by atoms with E-state index < -0.39 is 0 Å². The molecule has 2 heterocycles. The van der Waals surface area contributed by atoms with Crippen LogP contribution in [0.15, 0.2) is 22.8 Å². The maximum Gasteiger partial charge on any atom is 0.101 e. The molecule has 0 radical (unpaired) electrons. The van der Waals surface area contributed by atoms with Crippen LogP contribution in [-0.2, 0) is 19.9 Å². The van der Waals surface area contributed by atoms with Crippen molar-refractivity contribution in [2.24, 2.45) is 12.8 Å². The Morgan fingerprint density at radius 2 is 2.24 bits per heavy atom. The van der Waals surface area contributed by atoms with Gasteiger partial charge in [0, 0.05) is 30.8 Å². The van der Waals surface area contributed by atoms with Crippen molar-refractivity contribution in [3.63, 3.8) is 0 Å². The van der Waals surface area contributed by atoms with Crippen molar-refractivity contribution in [1.82, 2.24) is 9.78 Å². The number of nitrogens with zero attached hydrogens (tertiary/aromatic N) is 2. The average molecular weight is 233 g/mol. The maximum absolute atomic E-state index is 6.16. The van der Waals surface area contributed by atoms with Crippen LogP contribution in [0, 0.1) is 6.92 Å². The third-order valence-corrected chi connectivity index (χ3v) is 3.00. The molecule has 0 saturated carbocycles. The van der Waals surface area contributed by atoms with Gasteiger partial charge in [0.05, 0.1) is 12.0 Å². The molecule has 0 aromatic carbocycles. The minimum absolute atomic E-state index is 0.0347. The second kappa shape index (κ2) is 4.75. The average Bonchev–Trinajstić information content (AvgIpc) is 2.86. The summed E-state index contributed by atoms with van der Waals surface area (Å²) in [7, 11) is 1.96. The molecule has 1 atom stereocenters. The Hall–Kier alpha value is -1.55. The van der Waals surface area contributed by atoms with E-state index in [0.717, 1.165) is 35.6 Å². The van der Waals surface area contributed by atoms with E-state index >= 15 is 0 Å². The second-order valence-electron chi connectivity index (χ2n) is 4.41. The first-order valence-electron chi connectivity index (χ1n) is 5.92. The molecule has 2 aromatic rings. The Labute approximate surface area is 101 Å². The summed E-state index contributed by atoms with van der Waals surface area (Å²) >= 11 is 0. The summed E-state index contributed by atoms with van der Waals surface area (Å²) in [5, 5.41) is 4.42. The van der Waals surface area contributed by atoms with Crippen molar-refractivity contribution in [3.05, 3.63) is 41.1 Å². The molecule has 0 spiro atoms. The van der Waals surface area contributed by atoms with Crippen molar-refractivity contribution in [2.45, 2.75) is 32.7 Å².